The van der Waals surface area contributed by atoms with Gasteiger partial charge < -0.3 is 19.9 Å². The van der Waals surface area contributed by atoms with Crippen molar-refractivity contribution in [1.29, 1.82) is 0 Å². The molecule has 0 aliphatic carbocycles. The number of hydrogen-bond acceptors (Lipinski definition) is 4. The zero-order chi connectivity index (χ0) is 22.5. The van der Waals surface area contributed by atoms with Crippen molar-refractivity contribution < 1.29 is 9.50 Å². The van der Waals surface area contributed by atoms with E-state index in [2.05, 4.69) is 54.8 Å². The van der Waals surface area contributed by atoms with Crippen molar-refractivity contribution in [3.63, 3.8) is 0 Å². The Hall–Kier alpha value is -3.42. The summed E-state index contributed by atoms with van der Waals surface area (Å²) in [4.78, 5) is 7.01. The molecule has 2 aromatic heterocycles. The first kappa shape index (κ1) is 20.2. The van der Waals surface area contributed by atoms with Gasteiger partial charge in [-0.05, 0) is 54.6 Å². The maximum absolute atomic E-state index is 13.4. The Bertz CT molecular complexity index is 1300. The van der Waals surface area contributed by atoms with Gasteiger partial charge in [-0.1, -0.05) is 12.1 Å². The largest absolute Gasteiger partial charge is 0.396 e. The van der Waals surface area contributed by atoms with Gasteiger partial charge in [0.05, 0.1) is 11.4 Å². The number of aromatic nitrogens is 3. The molecular formula is C26H26FN5O. The zero-order valence-corrected chi connectivity index (χ0v) is 18.4. The van der Waals surface area contributed by atoms with Gasteiger partial charge in [-0.2, -0.15) is 0 Å². The van der Waals surface area contributed by atoms with Crippen molar-refractivity contribution in [2.75, 3.05) is 31.6 Å². The maximum atomic E-state index is 13.4. The fraction of sp³-hybridized carbons (Fsp3) is 0.269. The van der Waals surface area contributed by atoms with Crippen molar-refractivity contribution in [3.8, 4) is 28.3 Å². The standard InChI is InChI=1S/C26H26FN5O/c1-28-23-15-30(14-20(23)16-33)22-6-7-24-19(10-22)13-31-12-18(17-2-4-21(27)5-3-17)11-25(31)26-29-8-9-32(24)26/h2-12,20,23,28,33H,13-16H2,1H3/t20-,23?/m1/s1. The summed E-state index contributed by atoms with van der Waals surface area (Å²) in [6, 6.07) is 15.6. The summed E-state index contributed by atoms with van der Waals surface area (Å²) in [5.74, 6) is 0.886. The van der Waals surface area contributed by atoms with Gasteiger partial charge in [0, 0.05) is 68.0 Å². The Labute approximate surface area is 191 Å². The van der Waals surface area contributed by atoms with Gasteiger partial charge in [-0.3, -0.25) is 4.57 Å². The zero-order valence-electron chi connectivity index (χ0n) is 18.4. The summed E-state index contributed by atoms with van der Waals surface area (Å²) >= 11 is 0. The predicted octanol–water partition coefficient (Wildman–Crippen LogP) is 3.53. The molecular weight excluding hydrogens is 417 g/mol. The quantitative estimate of drug-likeness (QED) is 0.446. The van der Waals surface area contributed by atoms with E-state index in [1.807, 2.05) is 31.6 Å². The van der Waals surface area contributed by atoms with Crippen molar-refractivity contribution >= 4 is 5.69 Å². The third-order valence-corrected chi connectivity index (χ3v) is 7.02. The summed E-state index contributed by atoms with van der Waals surface area (Å²) in [5, 5.41) is 13.1. The van der Waals surface area contributed by atoms with Crippen molar-refractivity contribution in [2.24, 2.45) is 5.92 Å². The van der Waals surface area contributed by atoms with Gasteiger partial charge in [-0.15, -0.1) is 0 Å². The molecule has 0 amide bonds. The highest BCUT2D eigenvalue weighted by Crippen LogP contribution is 2.36. The first-order valence-corrected chi connectivity index (χ1v) is 11.3. The van der Waals surface area contributed by atoms with Gasteiger partial charge in [0.15, 0.2) is 5.82 Å². The van der Waals surface area contributed by atoms with Crippen LogP contribution in [0.1, 0.15) is 5.56 Å². The number of anilines is 1. The number of fused-ring (bicyclic) bond motifs is 5. The highest BCUT2D eigenvalue weighted by molar-refractivity contribution is 5.72. The SMILES string of the molecule is CNC1CN(c2ccc3c(c2)Cn2cc(-c4ccc(F)cc4)cc2-c2nccn2-3)C[C@@H]1CO. The third kappa shape index (κ3) is 3.35. The summed E-state index contributed by atoms with van der Waals surface area (Å²) in [6.07, 6.45) is 5.96. The van der Waals surface area contributed by atoms with Crippen molar-refractivity contribution in [3.05, 3.63) is 78.5 Å². The van der Waals surface area contributed by atoms with Crippen LogP contribution in [0.3, 0.4) is 0 Å². The lowest BCUT2D eigenvalue weighted by Crippen LogP contribution is -2.34. The second-order valence-corrected chi connectivity index (χ2v) is 8.93. The molecule has 0 bridgehead atoms. The van der Waals surface area contributed by atoms with Gasteiger partial charge in [0.2, 0.25) is 0 Å². The van der Waals surface area contributed by atoms with Crippen molar-refractivity contribution in [2.45, 2.75) is 12.6 Å². The Kier molecular flexibility index (Phi) is 4.81. The fourth-order valence-corrected chi connectivity index (χ4v) is 5.22. The lowest BCUT2D eigenvalue weighted by atomic mass is 10.1. The summed E-state index contributed by atoms with van der Waals surface area (Å²) < 4.78 is 17.8. The minimum Gasteiger partial charge on any atom is -0.396 e. The van der Waals surface area contributed by atoms with Crippen LogP contribution < -0.4 is 10.2 Å². The minimum absolute atomic E-state index is 0.185. The van der Waals surface area contributed by atoms with E-state index in [1.165, 1.54) is 23.4 Å². The molecule has 1 fully saturated rings. The summed E-state index contributed by atoms with van der Waals surface area (Å²) in [6.45, 7) is 2.61. The molecule has 2 atom stereocenters. The molecule has 2 aliphatic heterocycles. The van der Waals surface area contributed by atoms with Crippen LogP contribution in [-0.4, -0.2) is 52.0 Å². The highest BCUT2D eigenvalue weighted by atomic mass is 19.1. The van der Waals surface area contributed by atoms with Gasteiger partial charge in [-0.25, -0.2) is 9.37 Å². The van der Waals surface area contributed by atoms with Crippen LogP contribution in [0.15, 0.2) is 67.1 Å². The molecule has 4 heterocycles. The minimum atomic E-state index is -0.234. The van der Waals surface area contributed by atoms with E-state index in [1.54, 1.807) is 0 Å². The Morgan fingerprint density at radius 2 is 1.94 bits per heavy atom. The second kappa shape index (κ2) is 7.86. The molecule has 1 saturated heterocycles. The lowest BCUT2D eigenvalue weighted by molar-refractivity contribution is 0.219. The molecule has 7 heteroatoms. The smallest absolute Gasteiger partial charge is 0.161 e. The van der Waals surface area contributed by atoms with E-state index < -0.39 is 0 Å². The Morgan fingerprint density at radius 1 is 1.09 bits per heavy atom. The number of aliphatic hydroxyl groups is 1. The number of aliphatic hydroxyl groups excluding tert-OH is 1. The maximum Gasteiger partial charge on any atom is 0.161 e. The third-order valence-electron chi connectivity index (χ3n) is 7.02. The van der Waals surface area contributed by atoms with Gasteiger partial charge in [0.25, 0.3) is 0 Å². The van der Waals surface area contributed by atoms with Crippen LogP contribution in [0.5, 0.6) is 0 Å². The number of halogens is 1. The number of nitrogens with one attached hydrogen (secondary N) is 1. The molecule has 2 aromatic carbocycles. The first-order valence-electron chi connectivity index (χ1n) is 11.3. The molecule has 2 aliphatic rings. The van der Waals surface area contributed by atoms with E-state index in [0.717, 1.165) is 48.0 Å². The molecule has 0 saturated carbocycles. The van der Waals surface area contributed by atoms with Gasteiger partial charge >= 0.3 is 0 Å². The number of rotatable bonds is 4. The summed E-state index contributed by atoms with van der Waals surface area (Å²) in [7, 11) is 1.96. The molecule has 0 radical (unpaired) electrons. The lowest BCUT2D eigenvalue weighted by Gasteiger charge is -2.21. The number of imidazole rings is 1. The average molecular weight is 444 g/mol. The number of likely N-dealkylation sites (N-methyl/N-ethyl adjacent to an activating group) is 1. The summed E-state index contributed by atoms with van der Waals surface area (Å²) in [5.41, 5.74) is 6.56. The molecule has 6 nitrogen and oxygen atoms in total. The second-order valence-electron chi connectivity index (χ2n) is 8.93. The molecule has 168 valence electrons. The normalized spacial score (nSPS) is 19.2. The van der Waals surface area contributed by atoms with E-state index in [-0.39, 0.29) is 24.4 Å². The average Bonchev–Trinajstić information content (AvgIpc) is 3.56. The number of benzene rings is 2. The monoisotopic (exact) mass is 443 g/mol. The Balaban J connectivity index is 1.40. The van der Waals surface area contributed by atoms with Crippen LogP contribution >= 0.6 is 0 Å². The topological polar surface area (TPSA) is 58.2 Å². The number of hydrogen-bond donors (Lipinski definition) is 2. The molecule has 0 spiro atoms. The number of nitrogens with zero attached hydrogens (tertiary/aromatic N) is 4. The van der Waals surface area contributed by atoms with E-state index in [0.29, 0.717) is 0 Å². The molecule has 33 heavy (non-hydrogen) atoms. The molecule has 6 rings (SSSR count). The van der Waals surface area contributed by atoms with E-state index >= 15 is 0 Å². The fourth-order valence-electron chi connectivity index (χ4n) is 5.22. The predicted molar refractivity (Wildman–Crippen MR) is 127 cm³/mol. The van der Waals surface area contributed by atoms with E-state index in [9.17, 15) is 9.50 Å². The van der Waals surface area contributed by atoms with Crippen molar-refractivity contribution in [1.82, 2.24) is 19.4 Å². The van der Waals surface area contributed by atoms with Gasteiger partial charge in [0.1, 0.15) is 5.82 Å². The Morgan fingerprint density at radius 3 is 2.70 bits per heavy atom. The first-order chi connectivity index (χ1) is 16.1. The van der Waals surface area contributed by atoms with Crippen LogP contribution in [0, 0.1) is 11.7 Å². The molecule has 4 aromatic rings. The molecule has 2 N–H and O–H groups in total. The van der Waals surface area contributed by atoms with Crippen LogP contribution in [0.2, 0.25) is 0 Å². The van der Waals surface area contributed by atoms with E-state index in [4.69, 9.17) is 0 Å². The van der Waals surface area contributed by atoms with Crippen LogP contribution in [0.25, 0.3) is 28.3 Å². The highest BCUT2D eigenvalue weighted by Gasteiger charge is 2.32. The van der Waals surface area contributed by atoms with Crippen LogP contribution in [-0.2, 0) is 6.54 Å². The molecule has 1 unspecified atom stereocenters. The van der Waals surface area contributed by atoms with Crippen LogP contribution in [0.4, 0.5) is 10.1 Å².